The molecule has 3 rings (SSSR count). The number of esters is 1. The summed E-state index contributed by atoms with van der Waals surface area (Å²) in [4.78, 5) is 36.1. The van der Waals surface area contributed by atoms with Crippen LogP contribution in [-0.4, -0.2) is 36.7 Å². The van der Waals surface area contributed by atoms with E-state index in [1.807, 2.05) is 0 Å². The topological polar surface area (TPSA) is 124 Å². The summed E-state index contributed by atoms with van der Waals surface area (Å²) in [5, 5.41) is 6.39. The van der Waals surface area contributed by atoms with Crippen LogP contribution in [-0.2, 0) is 25.9 Å². The van der Waals surface area contributed by atoms with Crippen LogP contribution in [0.1, 0.15) is 17.3 Å². The zero-order chi connectivity index (χ0) is 23.3. The molecule has 1 heterocycles. The van der Waals surface area contributed by atoms with E-state index in [-0.39, 0.29) is 16.5 Å². The molecule has 2 aromatic carbocycles. The fourth-order valence-electron chi connectivity index (χ4n) is 2.66. The van der Waals surface area contributed by atoms with E-state index < -0.39 is 33.8 Å². The van der Waals surface area contributed by atoms with Gasteiger partial charge in [-0.3, -0.25) is 9.59 Å². The van der Waals surface area contributed by atoms with Gasteiger partial charge in [-0.2, -0.15) is 5.10 Å². The molecule has 0 aliphatic rings. The predicted octanol–water partition coefficient (Wildman–Crippen LogP) is 2.54. The van der Waals surface area contributed by atoms with Crippen molar-refractivity contribution in [2.45, 2.75) is 23.4 Å². The predicted molar refractivity (Wildman–Crippen MR) is 116 cm³/mol. The molecule has 0 unspecified atom stereocenters. The third kappa shape index (κ3) is 5.40. The highest BCUT2D eigenvalue weighted by atomic mass is 35.5. The Morgan fingerprint density at radius 1 is 1.03 bits per heavy atom. The van der Waals surface area contributed by atoms with Crippen LogP contribution in [0.15, 0.2) is 75.4 Å². The van der Waals surface area contributed by atoms with Gasteiger partial charge in [0.05, 0.1) is 17.1 Å². The zero-order valence-electron chi connectivity index (χ0n) is 16.8. The van der Waals surface area contributed by atoms with Crippen LogP contribution in [0, 0.1) is 0 Å². The number of halogens is 1. The lowest BCUT2D eigenvalue weighted by Crippen LogP contribution is -2.30. The molecule has 0 fully saturated rings. The first kappa shape index (κ1) is 23.2. The number of nitrogens with zero attached hydrogens (tertiary/aromatic N) is 2. The van der Waals surface area contributed by atoms with E-state index in [1.54, 1.807) is 6.92 Å². The summed E-state index contributed by atoms with van der Waals surface area (Å²) in [5.74, 6) is -1.09. The Kier molecular flexibility index (Phi) is 7.06. The van der Waals surface area contributed by atoms with Crippen molar-refractivity contribution in [3.05, 3.63) is 81.6 Å². The highest BCUT2D eigenvalue weighted by Crippen LogP contribution is 2.20. The van der Waals surface area contributed by atoms with Crippen molar-refractivity contribution in [3.8, 4) is 0 Å². The number of anilines is 1. The summed E-state index contributed by atoms with van der Waals surface area (Å²) < 4.78 is 31.2. The third-order valence-electron chi connectivity index (χ3n) is 4.21. The molecule has 1 amide bonds. The van der Waals surface area contributed by atoms with Gasteiger partial charge in [0.25, 0.3) is 5.56 Å². The van der Waals surface area contributed by atoms with E-state index in [1.165, 1.54) is 48.5 Å². The molecule has 11 heteroatoms. The number of hydrogen-bond acceptors (Lipinski definition) is 7. The first-order valence-electron chi connectivity index (χ1n) is 9.36. The minimum atomic E-state index is -4.01. The van der Waals surface area contributed by atoms with Gasteiger partial charge in [-0.05, 0) is 61.5 Å². The zero-order valence-corrected chi connectivity index (χ0v) is 18.4. The maximum atomic E-state index is 12.8. The van der Waals surface area contributed by atoms with Crippen LogP contribution >= 0.6 is 11.6 Å². The van der Waals surface area contributed by atoms with E-state index in [4.69, 9.17) is 16.3 Å². The van der Waals surface area contributed by atoms with E-state index in [2.05, 4.69) is 10.4 Å². The molecule has 0 atom stereocenters. The number of ether oxygens (including phenoxy) is 1. The first-order valence-corrected chi connectivity index (χ1v) is 11.2. The lowest BCUT2D eigenvalue weighted by Gasteiger charge is -2.09. The smallest absolute Gasteiger partial charge is 0.338 e. The Morgan fingerprint density at radius 2 is 1.69 bits per heavy atom. The number of carbonyl (C=O) groups is 2. The molecule has 1 N–H and O–H groups in total. The molecular weight excluding hydrogens is 458 g/mol. The molecule has 166 valence electrons. The summed E-state index contributed by atoms with van der Waals surface area (Å²) in [7, 11) is -4.01. The number of nitrogens with one attached hydrogen (secondary N) is 1. The van der Waals surface area contributed by atoms with E-state index in [0.29, 0.717) is 16.3 Å². The molecule has 0 radical (unpaired) electrons. The van der Waals surface area contributed by atoms with Gasteiger partial charge in [0.2, 0.25) is 15.7 Å². The molecule has 0 saturated heterocycles. The Hall–Kier alpha value is -3.50. The third-order valence-corrected chi connectivity index (χ3v) is 6.13. The van der Waals surface area contributed by atoms with E-state index in [9.17, 15) is 22.8 Å². The lowest BCUT2D eigenvalue weighted by atomic mass is 10.2. The van der Waals surface area contributed by atoms with Crippen molar-refractivity contribution in [1.29, 1.82) is 0 Å². The van der Waals surface area contributed by atoms with Gasteiger partial charge in [0.1, 0.15) is 6.54 Å². The van der Waals surface area contributed by atoms with Crippen LogP contribution in [0.5, 0.6) is 0 Å². The van der Waals surface area contributed by atoms with Crippen LogP contribution in [0.4, 0.5) is 5.69 Å². The van der Waals surface area contributed by atoms with Gasteiger partial charge in [0.15, 0.2) is 5.03 Å². The first-order chi connectivity index (χ1) is 15.2. The fraction of sp³-hybridized carbons (Fsp3) is 0.143. The maximum absolute atomic E-state index is 12.8. The summed E-state index contributed by atoms with van der Waals surface area (Å²) >= 11 is 5.79. The Morgan fingerprint density at radius 3 is 2.31 bits per heavy atom. The number of aromatic nitrogens is 2. The van der Waals surface area contributed by atoms with Crippen LogP contribution in [0.3, 0.4) is 0 Å². The van der Waals surface area contributed by atoms with Crippen molar-refractivity contribution in [1.82, 2.24) is 9.78 Å². The average Bonchev–Trinajstić information content (AvgIpc) is 2.76. The molecular formula is C21H18ClN3O6S. The Balaban J connectivity index is 1.76. The molecule has 9 nitrogen and oxygen atoms in total. The minimum absolute atomic E-state index is 0.0502. The van der Waals surface area contributed by atoms with E-state index >= 15 is 0 Å². The molecule has 0 aliphatic heterocycles. The normalized spacial score (nSPS) is 11.1. The van der Waals surface area contributed by atoms with Crippen molar-refractivity contribution in [3.63, 3.8) is 0 Å². The van der Waals surface area contributed by atoms with Crippen molar-refractivity contribution in [2.75, 3.05) is 11.9 Å². The number of hydrogen-bond donors (Lipinski definition) is 1. The Bertz CT molecular complexity index is 1300. The second-order valence-corrected chi connectivity index (χ2v) is 8.80. The Labute approximate surface area is 188 Å². The second-order valence-electron chi connectivity index (χ2n) is 6.47. The fourth-order valence-corrected chi connectivity index (χ4v) is 3.98. The molecule has 0 bridgehead atoms. The van der Waals surface area contributed by atoms with Gasteiger partial charge in [0, 0.05) is 16.8 Å². The van der Waals surface area contributed by atoms with Crippen molar-refractivity contribution >= 4 is 39.0 Å². The van der Waals surface area contributed by atoms with Gasteiger partial charge in [-0.15, -0.1) is 0 Å². The summed E-state index contributed by atoms with van der Waals surface area (Å²) in [6.45, 7) is 1.42. The van der Waals surface area contributed by atoms with Gasteiger partial charge >= 0.3 is 5.97 Å². The van der Waals surface area contributed by atoms with Crippen LogP contribution in [0.25, 0.3) is 0 Å². The molecule has 0 aliphatic carbocycles. The summed E-state index contributed by atoms with van der Waals surface area (Å²) in [6, 6.07) is 13.6. The monoisotopic (exact) mass is 475 g/mol. The van der Waals surface area contributed by atoms with Gasteiger partial charge in [-0.1, -0.05) is 11.6 Å². The maximum Gasteiger partial charge on any atom is 0.338 e. The number of benzene rings is 2. The summed E-state index contributed by atoms with van der Waals surface area (Å²) in [5.41, 5.74) is 0.0525. The van der Waals surface area contributed by atoms with Gasteiger partial charge < -0.3 is 10.1 Å². The molecule has 0 saturated carbocycles. The number of carbonyl (C=O) groups excluding carboxylic acids is 2. The summed E-state index contributed by atoms with van der Waals surface area (Å²) in [6.07, 6.45) is 0. The average molecular weight is 476 g/mol. The number of sulfone groups is 1. The van der Waals surface area contributed by atoms with Crippen molar-refractivity contribution < 1.29 is 22.7 Å². The van der Waals surface area contributed by atoms with Crippen molar-refractivity contribution in [2.24, 2.45) is 0 Å². The molecule has 3 aromatic rings. The highest BCUT2D eigenvalue weighted by molar-refractivity contribution is 7.91. The molecule has 1 aromatic heterocycles. The SMILES string of the molecule is CCOC(=O)c1ccc(NC(=O)Cn2nc(S(=O)(=O)c3ccc(Cl)cc3)ccc2=O)cc1. The largest absolute Gasteiger partial charge is 0.462 e. The van der Waals surface area contributed by atoms with Crippen LogP contribution in [0.2, 0.25) is 5.02 Å². The molecule has 32 heavy (non-hydrogen) atoms. The molecule has 0 spiro atoms. The lowest BCUT2D eigenvalue weighted by molar-refractivity contribution is -0.117. The minimum Gasteiger partial charge on any atom is -0.462 e. The van der Waals surface area contributed by atoms with Crippen LogP contribution < -0.4 is 10.9 Å². The van der Waals surface area contributed by atoms with Gasteiger partial charge in [-0.25, -0.2) is 17.9 Å². The quantitative estimate of drug-likeness (QED) is 0.520. The van der Waals surface area contributed by atoms with E-state index in [0.717, 1.165) is 16.8 Å². The number of rotatable bonds is 7. The standard InChI is InChI=1S/C21H18ClN3O6S/c1-2-31-21(28)14-3-7-16(8-4-14)23-18(26)13-25-20(27)12-11-19(24-25)32(29,30)17-9-5-15(22)6-10-17/h3-12H,2,13H2,1H3,(H,23,26). The second kappa shape index (κ2) is 9.75. The highest BCUT2D eigenvalue weighted by Gasteiger charge is 2.21. The number of amides is 1.